The molecule has 0 fully saturated rings. The topological polar surface area (TPSA) is 48.4 Å². The fraction of sp³-hybridized carbons (Fsp3) is 0.333. The minimum absolute atomic E-state index is 0.209. The van der Waals surface area contributed by atoms with Gasteiger partial charge in [-0.15, -0.1) is 0 Å². The number of alkyl halides is 2. The molecule has 0 saturated heterocycles. The monoisotopic (exact) mass is 251 g/mol. The standard InChI is InChI=1S/C9H8ClF2NO3/c1-15-4-3-13-7(10)6(9(14)16-2)5(4)8(11)12/h3,8H,1-2H3. The van der Waals surface area contributed by atoms with Gasteiger partial charge in [0.25, 0.3) is 6.43 Å². The van der Waals surface area contributed by atoms with Crippen molar-refractivity contribution in [3.63, 3.8) is 0 Å². The van der Waals surface area contributed by atoms with Gasteiger partial charge in [0.2, 0.25) is 0 Å². The molecule has 1 rings (SSSR count). The molecule has 0 atom stereocenters. The van der Waals surface area contributed by atoms with Gasteiger partial charge >= 0.3 is 5.97 Å². The number of nitrogens with zero attached hydrogens (tertiary/aromatic N) is 1. The molecule has 0 bridgehead atoms. The van der Waals surface area contributed by atoms with Crippen LogP contribution in [0.25, 0.3) is 0 Å². The minimum atomic E-state index is -2.91. The number of esters is 1. The second-order valence-electron chi connectivity index (χ2n) is 2.70. The van der Waals surface area contributed by atoms with Crippen LogP contribution < -0.4 is 4.74 Å². The van der Waals surface area contributed by atoms with Crippen molar-refractivity contribution in [1.82, 2.24) is 4.98 Å². The van der Waals surface area contributed by atoms with Crippen LogP contribution >= 0.6 is 11.6 Å². The zero-order valence-corrected chi connectivity index (χ0v) is 9.22. The van der Waals surface area contributed by atoms with Gasteiger partial charge in [0.15, 0.2) is 0 Å². The molecule has 16 heavy (non-hydrogen) atoms. The maximum atomic E-state index is 12.8. The average Bonchev–Trinajstić information content (AvgIpc) is 2.27. The summed E-state index contributed by atoms with van der Waals surface area (Å²) in [5.74, 6) is -1.19. The van der Waals surface area contributed by atoms with Crippen molar-refractivity contribution in [2.75, 3.05) is 14.2 Å². The number of methoxy groups -OCH3 is 2. The first-order valence-electron chi connectivity index (χ1n) is 4.11. The van der Waals surface area contributed by atoms with E-state index in [0.717, 1.165) is 13.3 Å². The lowest BCUT2D eigenvalue weighted by Gasteiger charge is -2.12. The van der Waals surface area contributed by atoms with E-state index in [4.69, 9.17) is 11.6 Å². The molecule has 88 valence electrons. The zero-order valence-electron chi connectivity index (χ0n) is 8.46. The van der Waals surface area contributed by atoms with Crippen molar-refractivity contribution < 1.29 is 23.0 Å². The molecule has 0 unspecified atom stereocenters. The lowest BCUT2D eigenvalue weighted by molar-refractivity contribution is 0.0587. The molecule has 0 aliphatic carbocycles. The van der Waals surface area contributed by atoms with E-state index in [0.29, 0.717) is 0 Å². The van der Waals surface area contributed by atoms with Gasteiger partial charge < -0.3 is 9.47 Å². The average molecular weight is 252 g/mol. The highest BCUT2D eigenvalue weighted by Crippen LogP contribution is 2.34. The van der Waals surface area contributed by atoms with E-state index < -0.39 is 23.5 Å². The highest BCUT2D eigenvalue weighted by Gasteiger charge is 2.27. The van der Waals surface area contributed by atoms with Crippen molar-refractivity contribution in [2.45, 2.75) is 6.43 Å². The van der Waals surface area contributed by atoms with Crippen LogP contribution in [0.2, 0.25) is 5.15 Å². The molecule has 0 radical (unpaired) electrons. The molecule has 1 aromatic rings. The van der Waals surface area contributed by atoms with Gasteiger partial charge in [0.05, 0.1) is 26.0 Å². The van der Waals surface area contributed by atoms with E-state index in [1.807, 2.05) is 0 Å². The number of pyridine rings is 1. The summed E-state index contributed by atoms with van der Waals surface area (Å²) in [5.41, 5.74) is -1.09. The second-order valence-corrected chi connectivity index (χ2v) is 3.06. The summed E-state index contributed by atoms with van der Waals surface area (Å²) in [6.45, 7) is 0. The van der Waals surface area contributed by atoms with Crippen molar-refractivity contribution in [3.8, 4) is 5.75 Å². The maximum absolute atomic E-state index is 12.8. The summed E-state index contributed by atoms with van der Waals surface area (Å²) in [5, 5.41) is -0.344. The third-order valence-corrected chi connectivity index (χ3v) is 2.15. The molecule has 0 amide bonds. The molecule has 0 aliphatic rings. The van der Waals surface area contributed by atoms with Crippen LogP contribution in [0.15, 0.2) is 6.20 Å². The number of hydrogen-bond acceptors (Lipinski definition) is 4. The number of ether oxygens (including phenoxy) is 2. The first kappa shape index (κ1) is 12.6. The number of rotatable bonds is 3. The molecule has 1 heterocycles. The van der Waals surface area contributed by atoms with Gasteiger partial charge in [-0.3, -0.25) is 0 Å². The molecule has 1 aromatic heterocycles. The Morgan fingerprint density at radius 3 is 2.56 bits per heavy atom. The lowest BCUT2D eigenvalue weighted by atomic mass is 10.1. The molecular weight excluding hydrogens is 244 g/mol. The molecule has 0 saturated carbocycles. The third kappa shape index (κ3) is 2.21. The van der Waals surface area contributed by atoms with E-state index in [-0.39, 0.29) is 10.9 Å². The number of aromatic nitrogens is 1. The largest absolute Gasteiger partial charge is 0.495 e. The number of carbonyl (C=O) groups excluding carboxylic acids is 1. The summed E-state index contributed by atoms with van der Waals surface area (Å²) in [7, 11) is 2.26. The van der Waals surface area contributed by atoms with E-state index in [2.05, 4.69) is 14.5 Å². The Morgan fingerprint density at radius 2 is 2.12 bits per heavy atom. The van der Waals surface area contributed by atoms with E-state index in [1.165, 1.54) is 7.11 Å². The van der Waals surface area contributed by atoms with Crippen molar-refractivity contribution in [3.05, 3.63) is 22.5 Å². The Bertz CT molecular complexity index is 412. The minimum Gasteiger partial charge on any atom is -0.495 e. The van der Waals surface area contributed by atoms with Gasteiger partial charge in [0.1, 0.15) is 16.5 Å². The molecule has 0 aromatic carbocycles. The van der Waals surface area contributed by atoms with Gasteiger partial charge in [-0.05, 0) is 0 Å². The van der Waals surface area contributed by atoms with Gasteiger partial charge in [-0.1, -0.05) is 11.6 Å². The summed E-state index contributed by atoms with van der Waals surface area (Å²) < 4.78 is 34.6. The van der Waals surface area contributed by atoms with Gasteiger partial charge in [-0.2, -0.15) is 0 Å². The molecule has 0 spiro atoms. The fourth-order valence-corrected chi connectivity index (χ4v) is 1.39. The van der Waals surface area contributed by atoms with Gasteiger partial charge in [0, 0.05) is 0 Å². The van der Waals surface area contributed by atoms with E-state index in [9.17, 15) is 13.6 Å². The first-order chi connectivity index (χ1) is 7.52. The molecule has 0 aliphatic heterocycles. The Kier molecular flexibility index (Phi) is 4.00. The Balaban J connectivity index is 3.48. The third-order valence-electron chi connectivity index (χ3n) is 1.86. The predicted octanol–water partition coefficient (Wildman–Crippen LogP) is 2.47. The smallest absolute Gasteiger partial charge is 0.341 e. The number of carbonyl (C=O) groups is 1. The number of halogens is 3. The quantitative estimate of drug-likeness (QED) is 0.612. The molecule has 7 heteroatoms. The van der Waals surface area contributed by atoms with Crippen LogP contribution in [-0.4, -0.2) is 25.2 Å². The number of hydrogen-bond donors (Lipinski definition) is 0. The van der Waals surface area contributed by atoms with E-state index >= 15 is 0 Å². The van der Waals surface area contributed by atoms with Crippen molar-refractivity contribution >= 4 is 17.6 Å². The lowest BCUT2D eigenvalue weighted by Crippen LogP contribution is -2.10. The highest BCUT2D eigenvalue weighted by atomic mass is 35.5. The first-order valence-corrected chi connectivity index (χ1v) is 4.49. The Morgan fingerprint density at radius 1 is 1.50 bits per heavy atom. The summed E-state index contributed by atoms with van der Waals surface area (Å²) in [6.07, 6.45) is -1.89. The Labute approximate surface area is 95.1 Å². The highest BCUT2D eigenvalue weighted by molar-refractivity contribution is 6.32. The fourth-order valence-electron chi connectivity index (χ4n) is 1.16. The van der Waals surface area contributed by atoms with Crippen LogP contribution in [0.4, 0.5) is 8.78 Å². The van der Waals surface area contributed by atoms with Crippen LogP contribution in [0.5, 0.6) is 5.75 Å². The SMILES string of the molecule is COC(=O)c1c(Cl)ncc(OC)c1C(F)F. The van der Waals surface area contributed by atoms with Crippen LogP contribution in [0.1, 0.15) is 22.3 Å². The summed E-state index contributed by atoms with van der Waals surface area (Å²) in [4.78, 5) is 14.9. The predicted molar refractivity (Wildman–Crippen MR) is 52.1 cm³/mol. The molecular formula is C9H8ClF2NO3. The van der Waals surface area contributed by atoms with Crippen molar-refractivity contribution in [2.24, 2.45) is 0 Å². The summed E-state index contributed by atoms with van der Waals surface area (Å²) >= 11 is 5.58. The van der Waals surface area contributed by atoms with Crippen LogP contribution in [0, 0.1) is 0 Å². The van der Waals surface area contributed by atoms with Gasteiger partial charge in [-0.25, -0.2) is 18.6 Å². The second kappa shape index (κ2) is 5.07. The molecule has 0 N–H and O–H groups in total. The van der Waals surface area contributed by atoms with E-state index in [1.54, 1.807) is 0 Å². The maximum Gasteiger partial charge on any atom is 0.341 e. The van der Waals surface area contributed by atoms with Crippen molar-refractivity contribution in [1.29, 1.82) is 0 Å². The zero-order chi connectivity index (χ0) is 12.3. The molecule has 4 nitrogen and oxygen atoms in total. The summed E-state index contributed by atoms with van der Waals surface area (Å²) in [6, 6.07) is 0. The Hall–Kier alpha value is -1.43. The van der Waals surface area contributed by atoms with Crippen LogP contribution in [0.3, 0.4) is 0 Å². The van der Waals surface area contributed by atoms with Crippen LogP contribution in [-0.2, 0) is 4.74 Å². The normalized spacial score (nSPS) is 10.4.